The number of ether oxygens (including phenoxy) is 2. The molecule has 0 aromatic heterocycles. The first kappa shape index (κ1) is 25.5. The topological polar surface area (TPSA) is 81.8 Å². The second-order valence-electron chi connectivity index (χ2n) is 15.7. The maximum atomic E-state index is 11.7. The number of carbonyl (C=O) groups excluding carboxylic acids is 1. The van der Waals surface area contributed by atoms with Crippen LogP contribution >= 0.6 is 0 Å². The molecule has 12 atom stereocenters. The first-order valence-corrected chi connectivity index (χ1v) is 15.0. The van der Waals surface area contributed by atoms with Crippen molar-refractivity contribution in [1.82, 2.24) is 0 Å². The third-order valence-corrected chi connectivity index (χ3v) is 14.0. The summed E-state index contributed by atoms with van der Waals surface area (Å²) in [7, 11) is 0. The summed E-state index contributed by atoms with van der Waals surface area (Å²) in [5, 5.41) is 10.9. The van der Waals surface area contributed by atoms with E-state index in [9.17, 15) is 9.90 Å². The zero-order valence-electron chi connectivity index (χ0n) is 23.8. The molecule has 0 aromatic carbocycles. The van der Waals surface area contributed by atoms with E-state index >= 15 is 0 Å². The molecule has 5 nitrogen and oxygen atoms in total. The second kappa shape index (κ2) is 7.64. The second-order valence-corrected chi connectivity index (χ2v) is 15.7. The van der Waals surface area contributed by atoms with E-state index in [0.717, 1.165) is 25.2 Å². The van der Waals surface area contributed by atoms with Gasteiger partial charge in [-0.2, -0.15) is 0 Å². The lowest BCUT2D eigenvalue weighted by Crippen LogP contribution is -2.58. The molecule has 0 aromatic rings. The molecule has 1 saturated heterocycles. The standard InChI is InChI=1S/C31H51NO4/c1-17(2)25(36-26(32)34)19-14-18(3)24-20(35-19)15-29(7)22-9-8-21-27(4,5)23(33)10-11-30(21)16-31(22,30)13-12-28(24,29)6/h17-25,33H,8-16H2,1-7H3,(H2,32,34)/t18-,19?,20?,21+,22?,23+,24?,25-,28?,29+,30-,31+/m1/s1. The molecule has 5 heteroatoms. The Hall–Kier alpha value is -0.810. The van der Waals surface area contributed by atoms with Crippen molar-refractivity contribution < 1.29 is 19.4 Å². The van der Waals surface area contributed by atoms with Gasteiger partial charge < -0.3 is 20.3 Å². The van der Waals surface area contributed by atoms with Crippen LogP contribution in [0.3, 0.4) is 0 Å². The maximum absolute atomic E-state index is 11.7. The van der Waals surface area contributed by atoms with Gasteiger partial charge >= 0.3 is 6.09 Å². The molecule has 1 amide bonds. The van der Waals surface area contributed by atoms with Gasteiger partial charge in [0.25, 0.3) is 0 Å². The molecule has 0 radical (unpaired) electrons. The molecule has 5 saturated carbocycles. The highest BCUT2D eigenvalue weighted by Gasteiger charge is 2.83. The summed E-state index contributed by atoms with van der Waals surface area (Å²) >= 11 is 0. The van der Waals surface area contributed by atoms with Crippen molar-refractivity contribution in [2.75, 3.05) is 0 Å². The summed E-state index contributed by atoms with van der Waals surface area (Å²) in [6.07, 6.45) is 9.99. The first-order chi connectivity index (χ1) is 16.7. The molecular weight excluding hydrogens is 450 g/mol. The highest BCUT2D eigenvalue weighted by molar-refractivity contribution is 5.64. The van der Waals surface area contributed by atoms with E-state index in [1.807, 2.05) is 0 Å². The van der Waals surface area contributed by atoms with E-state index < -0.39 is 6.09 Å². The van der Waals surface area contributed by atoms with Crippen LogP contribution in [-0.4, -0.2) is 35.6 Å². The quantitative estimate of drug-likeness (QED) is 0.475. The van der Waals surface area contributed by atoms with Crippen molar-refractivity contribution in [1.29, 1.82) is 0 Å². The van der Waals surface area contributed by atoms with E-state index in [1.165, 1.54) is 38.5 Å². The van der Waals surface area contributed by atoms with Gasteiger partial charge in [0.1, 0.15) is 6.10 Å². The van der Waals surface area contributed by atoms with Crippen LogP contribution < -0.4 is 5.73 Å². The van der Waals surface area contributed by atoms with Gasteiger partial charge in [0.05, 0.1) is 18.3 Å². The fourth-order valence-corrected chi connectivity index (χ4v) is 12.3. The number of fused-ring (bicyclic) bond motifs is 4. The minimum absolute atomic E-state index is 0.0369. The van der Waals surface area contributed by atoms with Crippen LogP contribution in [0.25, 0.3) is 0 Å². The smallest absolute Gasteiger partial charge is 0.404 e. The highest BCUT2D eigenvalue weighted by Crippen LogP contribution is 2.89. The Morgan fingerprint density at radius 1 is 1.00 bits per heavy atom. The van der Waals surface area contributed by atoms with Crippen LogP contribution in [0.4, 0.5) is 4.79 Å². The van der Waals surface area contributed by atoms with Crippen LogP contribution in [0.5, 0.6) is 0 Å². The summed E-state index contributed by atoms with van der Waals surface area (Å²) in [5.41, 5.74) is 7.00. The Kier molecular flexibility index (Phi) is 5.41. The van der Waals surface area contributed by atoms with Gasteiger partial charge in [-0.15, -0.1) is 0 Å². The Balaban J connectivity index is 1.31. The lowest BCUT2D eigenvalue weighted by Gasteiger charge is -2.63. The van der Waals surface area contributed by atoms with Gasteiger partial charge in [-0.25, -0.2) is 4.79 Å². The normalized spacial score (nSPS) is 55.4. The number of rotatable bonds is 3. The molecule has 2 spiro atoms. The number of carbonyl (C=O) groups is 1. The van der Waals surface area contributed by atoms with Gasteiger partial charge in [-0.05, 0) is 114 Å². The fourth-order valence-electron chi connectivity index (χ4n) is 12.3. The molecular formula is C31H51NO4. The number of primary amides is 1. The molecule has 6 fully saturated rings. The molecule has 6 rings (SSSR count). The van der Waals surface area contributed by atoms with Crippen LogP contribution in [0.1, 0.15) is 106 Å². The Labute approximate surface area is 218 Å². The van der Waals surface area contributed by atoms with Gasteiger partial charge in [0.2, 0.25) is 0 Å². The number of nitrogens with two attached hydrogens (primary N) is 1. The highest BCUT2D eigenvalue weighted by atomic mass is 16.6. The zero-order valence-corrected chi connectivity index (χ0v) is 23.8. The van der Waals surface area contributed by atoms with Crippen LogP contribution in [0.15, 0.2) is 0 Å². The van der Waals surface area contributed by atoms with Crippen molar-refractivity contribution in [3.05, 3.63) is 0 Å². The number of hydrogen-bond acceptors (Lipinski definition) is 4. The lowest BCUT2D eigenvalue weighted by atomic mass is 9.41. The lowest BCUT2D eigenvalue weighted by molar-refractivity contribution is -0.175. The van der Waals surface area contributed by atoms with E-state index in [-0.39, 0.29) is 46.6 Å². The molecule has 3 N–H and O–H groups in total. The fraction of sp³-hybridized carbons (Fsp3) is 0.968. The molecule has 204 valence electrons. The number of aliphatic hydroxyl groups is 1. The van der Waals surface area contributed by atoms with Gasteiger partial charge in [0, 0.05) is 0 Å². The number of amides is 1. The van der Waals surface area contributed by atoms with Crippen molar-refractivity contribution in [3.8, 4) is 0 Å². The monoisotopic (exact) mass is 501 g/mol. The molecule has 1 heterocycles. The summed E-state index contributed by atoms with van der Waals surface area (Å²) in [4.78, 5) is 11.7. The third kappa shape index (κ3) is 2.94. The average Bonchev–Trinajstić information content (AvgIpc) is 3.38. The largest absolute Gasteiger partial charge is 0.443 e. The van der Waals surface area contributed by atoms with Crippen LogP contribution in [0, 0.1) is 56.7 Å². The van der Waals surface area contributed by atoms with Crippen molar-refractivity contribution in [3.63, 3.8) is 0 Å². The maximum Gasteiger partial charge on any atom is 0.404 e. The molecule has 6 aliphatic rings. The summed E-state index contributed by atoms with van der Waals surface area (Å²) in [6.45, 7) is 16.6. The molecule has 5 unspecified atom stereocenters. The van der Waals surface area contributed by atoms with E-state index in [1.54, 1.807) is 0 Å². The predicted octanol–water partition coefficient (Wildman–Crippen LogP) is 6.31. The molecule has 1 aliphatic heterocycles. The average molecular weight is 502 g/mol. The Morgan fingerprint density at radius 3 is 2.33 bits per heavy atom. The van der Waals surface area contributed by atoms with Gasteiger partial charge in [-0.1, -0.05) is 48.5 Å². The van der Waals surface area contributed by atoms with E-state index in [2.05, 4.69) is 48.5 Å². The summed E-state index contributed by atoms with van der Waals surface area (Å²) < 4.78 is 12.5. The summed E-state index contributed by atoms with van der Waals surface area (Å²) in [5.74, 6) is 2.71. The summed E-state index contributed by atoms with van der Waals surface area (Å²) in [6, 6.07) is 0. The minimum Gasteiger partial charge on any atom is -0.443 e. The third-order valence-electron chi connectivity index (χ3n) is 14.0. The van der Waals surface area contributed by atoms with Crippen molar-refractivity contribution in [2.24, 2.45) is 62.4 Å². The SMILES string of the molecule is CC(C)[C@@H](OC(N)=O)C1C[C@@H](C)C2C(C[C@@]3(C)C4CC[C@H]5C(C)(C)[C@@H](O)CC[C@@]56C[C@@]46CCC23C)O1. The number of aliphatic hydroxyl groups excluding tert-OH is 1. The molecule has 5 aliphatic carbocycles. The van der Waals surface area contributed by atoms with Crippen LogP contribution in [-0.2, 0) is 9.47 Å². The van der Waals surface area contributed by atoms with Crippen LogP contribution in [0.2, 0.25) is 0 Å². The van der Waals surface area contributed by atoms with Crippen molar-refractivity contribution >= 4 is 6.09 Å². The Morgan fingerprint density at radius 2 is 1.67 bits per heavy atom. The first-order valence-electron chi connectivity index (χ1n) is 15.0. The molecule has 36 heavy (non-hydrogen) atoms. The van der Waals surface area contributed by atoms with Gasteiger partial charge in [0.15, 0.2) is 0 Å². The Bertz CT molecular complexity index is 934. The molecule has 0 bridgehead atoms. The zero-order chi connectivity index (χ0) is 26.1. The van der Waals surface area contributed by atoms with E-state index in [4.69, 9.17) is 15.2 Å². The minimum atomic E-state index is -0.690. The predicted molar refractivity (Wildman–Crippen MR) is 140 cm³/mol. The van der Waals surface area contributed by atoms with Gasteiger partial charge in [-0.3, -0.25) is 0 Å². The van der Waals surface area contributed by atoms with Crippen molar-refractivity contribution in [2.45, 2.75) is 131 Å². The number of hydrogen-bond donors (Lipinski definition) is 2. The van der Waals surface area contributed by atoms with E-state index in [0.29, 0.717) is 28.6 Å².